The number of hydrogen-bond donors (Lipinski definition) is 2. The maximum Gasteiger partial charge on any atom is 0.215 e. The average Bonchev–Trinajstić information content (AvgIpc) is 2.57. The largest absolute Gasteiger partial charge is 0.504 e. The fourth-order valence-corrected chi connectivity index (χ4v) is 1.46. The number of likely N-dealkylation sites (N-methyl/N-ethyl adjacent to an activating group) is 1. The van der Waals surface area contributed by atoms with E-state index in [4.69, 9.17) is 4.42 Å². The quantitative estimate of drug-likeness (QED) is 0.746. The minimum Gasteiger partial charge on any atom is -0.504 e. The van der Waals surface area contributed by atoms with Crippen LogP contribution in [0.25, 0.3) is 11.0 Å². The van der Waals surface area contributed by atoms with Gasteiger partial charge in [-0.1, -0.05) is 12.1 Å². The van der Waals surface area contributed by atoms with Crippen molar-refractivity contribution in [2.24, 2.45) is 0 Å². The lowest BCUT2D eigenvalue weighted by Gasteiger charge is -1.95. The summed E-state index contributed by atoms with van der Waals surface area (Å²) in [6.07, 6.45) is 0. The van der Waals surface area contributed by atoms with E-state index in [0.717, 1.165) is 0 Å². The minimum absolute atomic E-state index is 0.0190. The van der Waals surface area contributed by atoms with Gasteiger partial charge in [0.2, 0.25) is 11.5 Å². The Hall–Kier alpha value is -1.81. The lowest BCUT2D eigenvalue weighted by molar-refractivity contribution is 0.0965. The van der Waals surface area contributed by atoms with Gasteiger partial charge in [-0.2, -0.15) is 0 Å². The van der Waals surface area contributed by atoms with Gasteiger partial charge < -0.3 is 14.8 Å². The van der Waals surface area contributed by atoms with Crippen molar-refractivity contribution < 1.29 is 14.3 Å². The zero-order valence-corrected chi connectivity index (χ0v) is 8.28. The first kappa shape index (κ1) is 9.73. The van der Waals surface area contributed by atoms with Gasteiger partial charge in [0.15, 0.2) is 5.75 Å². The number of furan rings is 1. The molecular weight excluding hydrogens is 194 g/mol. The summed E-state index contributed by atoms with van der Waals surface area (Å²) in [7, 11) is 1.66. The van der Waals surface area contributed by atoms with Crippen molar-refractivity contribution in [1.82, 2.24) is 5.32 Å². The number of nitrogens with one attached hydrogen (secondary N) is 1. The van der Waals surface area contributed by atoms with E-state index in [0.29, 0.717) is 11.0 Å². The Balaban J connectivity index is 2.53. The minimum atomic E-state index is -0.258. The number of Topliss-reactive ketones (excluding diaryl/α,β-unsaturated/α-hetero) is 1. The lowest BCUT2D eigenvalue weighted by Crippen LogP contribution is -2.17. The van der Waals surface area contributed by atoms with Crippen molar-refractivity contribution in [1.29, 1.82) is 0 Å². The summed E-state index contributed by atoms with van der Waals surface area (Å²) in [4.78, 5) is 11.5. The molecule has 0 saturated heterocycles. The molecule has 0 fully saturated rings. The molecule has 1 aromatic heterocycles. The Bertz CT molecular complexity index is 502. The molecule has 0 amide bonds. The molecule has 1 heterocycles. The molecule has 0 aliphatic carbocycles. The Morgan fingerprint density at radius 3 is 2.87 bits per heavy atom. The predicted octanol–water partition coefficient (Wildman–Crippen LogP) is 1.54. The second kappa shape index (κ2) is 3.74. The molecule has 2 N–H and O–H groups in total. The lowest BCUT2D eigenvalue weighted by atomic mass is 10.2. The third-order valence-electron chi connectivity index (χ3n) is 2.16. The number of aromatic hydroxyl groups is 1. The number of fused-ring (bicyclic) bond motifs is 1. The fourth-order valence-electron chi connectivity index (χ4n) is 1.46. The maximum absolute atomic E-state index is 11.5. The normalized spacial score (nSPS) is 10.7. The Morgan fingerprint density at radius 2 is 2.20 bits per heavy atom. The van der Waals surface area contributed by atoms with E-state index in [1.807, 2.05) is 0 Å². The van der Waals surface area contributed by atoms with Crippen LogP contribution in [0, 0.1) is 0 Å². The van der Waals surface area contributed by atoms with E-state index >= 15 is 0 Å². The number of ketones is 1. The molecule has 0 bridgehead atoms. The van der Waals surface area contributed by atoms with Gasteiger partial charge >= 0.3 is 0 Å². The molecule has 0 radical (unpaired) electrons. The van der Waals surface area contributed by atoms with E-state index in [1.165, 1.54) is 0 Å². The summed E-state index contributed by atoms with van der Waals surface area (Å²) in [6, 6.07) is 7.00. The monoisotopic (exact) mass is 205 g/mol. The van der Waals surface area contributed by atoms with Gasteiger partial charge in [-0.3, -0.25) is 4.79 Å². The average molecular weight is 205 g/mol. The molecule has 4 heteroatoms. The summed E-state index contributed by atoms with van der Waals surface area (Å²) in [5, 5.41) is 13.0. The van der Waals surface area contributed by atoms with Crippen LogP contribution in [0.1, 0.15) is 10.6 Å². The third kappa shape index (κ3) is 1.59. The van der Waals surface area contributed by atoms with Crippen LogP contribution in [0.15, 0.2) is 28.7 Å². The van der Waals surface area contributed by atoms with Crippen molar-refractivity contribution in [3.63, 3.8) is 0 Å². The zero-order chi connectivity index (χ0) is 10.8. The van der Waals surface area contributed by atoms with E-state index in [1.54, 1.807) is 31.3 Å². The molecule has 1 aromatic carbocycles. The predicted molar refractivity (Wildman–Crippen MR) is 56.1 cm³/mol. The van der Waals surface area contributed by atoms with Crippen LogP contribution in [0.5, 0.6) is 5.75 Å². The summed E-state index contributed by atoms with van der Waals surface area (Å²) < 4.78 is 5.27. The second-order valence-corrected chi connectivity index (χ2v) is 3.23. The van der Waals surface area contributed by atoms with Gasteiger partial charge in [-0.25, -0.2) is 0 Å². The second-order valence-electron chi connectivity index (χ2n) is 3.23. The van der Waals surface area contributed by atoms with Crippen LogP contribution in [0.2, 0.25) is 0 Å². The molecule has 78 valence electrons. The first-order chi connectivity index (χ1) is 7.24. The number of carbonyl (C=O) groups excluding carboxylic acids is 1. The molecule has 2 aromatic rings. The summed E-state index contributed by atoms with van der Waals surface area (Å²) in [5.74, 6) is -0.317. The third-order valence-corrected chi connectivity index (χ3v) is 2.16. The Labute approximate surface area is 86.5 Å². The first-order valence-corrected chi connectivity index (χ1v) is 4.62. The van der Waals surface area contributed by atoms with Crippen molar-refractivity contribution >= 4 is 16.8 Å². The molecule has 0 aliphatic rings. The topological polar surface area (TPSA) is 62.5 Å². The number of rotatable bonds is 3. The molecule has 0 saturated carbocycles. The van der Waals surface area contributed by atoms with Gasteiger partial charge in [-0.05, 0) is 19.2 Å². The van der Waals surface area contributed by atoms with Crippen LogP contribution < -0.4 is 5.32 Å². The number of para-hydroxylation sites is 1. The molecular formula is C11H11NO3. The molecule has 4 nitrogen and oxygen atoms in total. The molecule has 15 heavy (non-hydrogen) atoms. The van der Waals surface area contributed by atoms with E-state index in [-0.39, 0.29) is 23.8 Å². The zero-order valence-electron chi connectivity index (χ0n) is 8.28. The summed E-state index contributed by atoms with van der Waals surface area (Å²) in [5.41, 5.74) is 0.523. The molecule has 0 unspecified atom stereocenters. The summed E-state index contributed by atoms with van der Waals surface area (Å²) in [6.45, 7) is 0.146. The van der Waals surface area contributed by atoms with E-state index in [9.17, 15) is 9.90 Å². The van der Waals surface area contributed by atoms with Crippen molar-refractivity contribution in [2.45, 2.75) is 0 Å². The highest BCUT2D eigenvalue weighted by molar-refractivity contribution is 6.03. The Kier molecular flexibility index (Phi) is 2.43. The number of hydrogen-bond acceptors (Lipinski definition) is 4. The smallest absolute Gasteiger partial charge is 0.215 e. The SMILES string of the molecule is CNCC(=O)c1oc2ccccc2c1O. The van der Waals surface area contributed by atoms with E-state index in [2.05, 4.69) is 5.32 Å². The first-order valence-electron chi connectivity index (χ1n) is 4.62. The van der Waals surface area contributed by atoms with E-state index < -0.39 is 0 Å². The van der Waals surface area contributed by atoms with Crippen molar-refractivity contribution in [3.8, 4) is 5.75 Å². The van der Waals surface area contributed by atoms with Gasteiger partial charge in [-0.15, -0.1) is 0 Å². The van der Waals surface area contributed by atoms with Crippen LogP contribution in [-0.4, -0.2) is 24.5 Å². The molecule has 0 aliphatic heterocycles. The van der Waals surface area contributed by atoms with Crippen molar-refractivity contribution in [3.05, 3.63) is 30.0 Å². The fraction of sp³-hybridized carbons (Fsp3) is 0.182. The number of benzene rings is 1. The maximum atomic E-state index is 11.5. The van der Waals surface area contributed by atoms with Gasteiger partial charge in [0.05, 0.1) is 11.9 Å². The van der Waals surface area contributed by atoms with Crippen LogP contribution in [0.3, 0.4) is 0 Å². The van der Waals surface area contributed by atoms with Crippen molar-refractivity contribution in [2.75, 3.05) is 13.6 Å². The van der Waals surface area contributed by atoms with Crippen LogP contribution in [0.4, 0.5) is 0 Å². The molecule has 0 atom stereocenters. The van der Waals surface area contributed by atoms with Crippen LogP contribution >= 0.6 is 0 Å². The molecule has 0 spiro atoms. The highest BCUT2D eigenvalue weighted by Gasteiger charge is 2.18. The van der Waals surface area contributed by atoms with Gasteiger partial charge in [0, 0.05) is 0 Å². The summed E-state index contributed by atoms with van der Waals surface area (Å²) >= 11 is 0. The molecule has 2 rings (SSSR count). The van der Waals surface area contributed by atoms with Gasteiger partial charge in [0.1, 0.15) is 5.58 Å². The van der Waals surface area contributed by atoms with Crippen LogP contribution in [-0.2, 0) is 0 Å². The van der Waals surface area contributed by atoms with Gasteiger partial charge in [0.25, 0.3) is 0 Å². The standard InChI is InChI=1S/C11H11NO3/c1-12-6-8(13)11-10(14)7-4-2-3-5-9(7)15-11/h2-5,12,14H,6H2,1H3. The highest BCUT2D eigenvalue weighted by Crippen LogP contribution is 2.31. The highest BCUT2D eigenvalue weighted by atomic mass is 16.4. The number of carbonyl (C=O) groups is 1. The Morgan fingerprint density at radius 1 is 1.47 bits per heavy atom.